The number of hydrogen-bond donors (Lipinski definition) is 1. The molecular formula is C17H26N4. The predicted octanol–water partition coefficient (Wildman–Crippen LogP) is 2.69. The fraction of sp³-hybridized carbons (Fsp3) is 0.588. The second kappa shape index (κ2) is 6.16. The lowest BCUT2D eigenvalue weighted by atomic mass is 9.92. The van der Waals surface area contributed by atoms with Gasteiger partial charge in [-0.25, -0.2) is 4.98 Å². The first-order valence-corrected chi connectivity index (χ1v) is 8.15. The van der Waals surface area contributed by atoms with Gasteiger partial charge in [0.05, 0.1) is 5.69 Å². The summed E-state index contributed by atoms with van der Waals surface area (Å²) in [6, 6.07) is 6.16. The standard InChI is InChI=1S/C17H26N4/c1-3-17(4-2)14-20(10-7-9-18-17)12-15-13-21-11-6-5-8-16(21)19-15/h5-6,8,11,13,18H,3-4,7,9-10,12,14H2,1-2H3. The van der Waals surface area contributed by atoms with Gasteiger partial charge in [-0.1, -0.05) is 19.9 Å². The molecule has 4 heteroatoms. The van der Waals surface area contributed by atoms with Crippen LogP contribution in [-0.4, -0.2) is 39.5 Å². The van der Waals surface area contributed by atoms with Gasteiger partial charge in [0.15, 0.2) is 0 Å². The molecule has 3 rings (SSSR count). The van der Waals surface area contributed by atoms with E-state index in [1.54, 1.807) is 0 Å². The van der Waals surface area contributed by atoms with E-state index in [-0.39, 0.29) is 5.54 Å². The highest BCUT2D eigenvalue weighted by molar-refractivity contribution is 5.39. The van der Waals surface area contributed by atoms with Gasteiger partial charge < -0.3 is 9.72 Å². The zero-order valence-electron chi connectivity index (χ0n) is 13.2. The molecule has 3 heterocycles. The Morgan fingerprint density at radius 2 is 2.14 bits per heavy atom. The van der Waals surface area contributed by atoms with Crippen LogP contribution in [0.3, 0.4) is 0 Å². The third-order valence-electron chi connectivity index (χ3n) is 4.83. The molecule has 0 spiro atoms. The molecule has 2 aromatic rings. The molecule has 1 saturated heterocycles. The molecule has 0 aromatic carbocycles. The Balaban J connectivity index is 1.76. The fourth-order valence-corrected chi connectivity index (χ4v) is 3.37. The van der Waals surface area contributed by atoms with Crippen molar-refractivity contribution in [1.29, 1.82) is 0 Å². The maximum atomic E-state index is 4.74. The molecule has 0 bridgehead atoms. The van der Waals surface area contributed by atoms with Crippen LogP contribution in [0.5, 0.6) is 0 Å². The quantitative estimate of drug-likeness (QED) is 0.938. The van der Waals surface area contributed by atoms with Crippen molar-refractivity contribution >= 4 is 5.65 Å². The molecule has 21 heavy (non-hydrogen) atoms. The van der Waals surface area contributed by atoms with Crippen LogP contribution in [0.1, 0.15) is 38.8 Å². The second-order valence-corrected chi connectivity index (χ2v) is 6.18. The van der Waals surface area contributed by atoms with Crippen LogP contribution in [0.2, 0.25) is 0 Å². The van der Waals surface area contributed by atoms with Crippen LogP contribution in [0, 0.1) is 0 Å². The molecule has 2 aromatic heterocycles. The number of rotatable bonds is 4. The van der Waals surface area contributed by atoms with Gasteiger partial charge in [-0.3, -0.25) is 4.90 Å². The maximum absolute atomic E-state index is 4.74. The number of nitrogens with one attached hydrogen (secondary N) is 1. The van der Waals surface area contributed by atoms with Crippen molar-refractivity contribution in [2.45, 2.75) is 45.2 Å². The summed E-state index contributed by atoms with van der Waals surface area (Å²) in [5.74, 6) is 0. The van der Waals surface area contributed by atoms with Crippen molar-refractivity contribution in [3.63, 3.8) is 0 Å². The molecule has 4 nitrogen and oxygen atoms in total. The van der Waals surface area contributed by atoms with Gasteiger partial charge in [0.2, 0.25) is 0 Å². The van der Waals surface area contributed by atoms with E-state index in [1.807, 2.05) is 12.1 Å². The zero-order valence-corrected chi connectivity index (χ0v) is 13.2. The fourth-order valence-electron chi connectivity index (χ4n) is 3.37. The average Bonchev–Trinajstić information content (AvgIpc) is 2.80. The van der Waals surface area contributed by atoms with Crippen LogP contribution >= 0.6 is 0 Å². The molecule has 0 radical (unpaired) electrons. The Labute approximate surface area is 127 Å². The summed E-state index contributed by atoms with van der Waals surface area (Å²) in [6.07, 6.45) is 7.82. The van der Waals surface area contributed by atoms with Gasteiger partial charge in [0.25, 0.3) is 0 Å². The van der Waals surface area contributed by atoms with Crippen molar-refractivity contribution in [1.82, 2.24) is 19.6 Å². The van der Waals surface area contributed by atoms with Crippen molar-refractivity contribution in [3.05, 3.63) is 36.3 Å². The second-order valence-electron chi connectivity index (χ2n) is 6.18. The number of imidazole rings is 1. The van der Waals surface area contributed by atoms with Gasteiger partial charge in [0.1, 0.15) is 5.65 Å². The number of hydrogen-bond acceptors (Lipinski definition) is 3. The summed E-state index contributed by atoms with van der Waals surface area (Å²) in [5.41, 5.74) is 2.48. The van der Waals surface area contributed by atoms with Crippen molar-refractivity contribution in [2.24, 2.45) is 0 Å². The average molecular weight is 286 g/mol. The van der Waals surface area contributed by atoms with Crippen molar-refractivity contribution < 1.29 is 0 Å². The Morgan fingerprint density at radius 1 is 1.29 bits per heavy atom. The van der Waals surface area contributed by atoms with E-state index in [0.29, 0.717) is 0 Å². The van der Waals surface area contributed by atoms with Crippen LogP contribution in [0.25, 0.3) is 5.65 Å². The van der Waals surface area contributed by atoms with E-state index in [0.717, 1.165) is 31.8 Å². The Kier molecular flexibility index (Phi) is 4.27. The summed E-state index contributed by atoms with van der Waals surface area (Å²) < 4.78 is 2.11. The number of pyridine rings is 1. The summed E-state index contributed by atoms with van der Waals surface area (Å²) in [6.45, 7) is 8.95. The topological polar surface area (TPSA) is 32.6 Å². The first kappa shape index (κ1) is 14.5. The van der Waals surface area contributed by atoms with E-state index in [9.17, 15) is 0 Å². The molecule has 0 atom stereocenters. The monoisotopic (exact) mass is 286 g/mol. The SMILES string of the molecule is CCC1(CC)CN(Cc2cn3ccccc3n2)CCCN1. The molecule has 0 amide bonds. The molecule has 0 unspecified atom stereocenters. The summed E-state index contributed by atoms with van der Waals surface area (Å²) in [7, 11) is 0. The van der Waals surface area contributed by atoms with Gasteiger partial charge in [-0.05, 0) is 44.5 Å². The highest BCUT2D eigenvalue weighted by atomic mass is 15.2. The van der Waals surface area contributed by atoms with E-state index >= 15 is 0 Å². The predicted molar refractivity (Wildman–Crippen MR) is 86.4 cm³/mol. The van der Waals surface area contributed by atoms with Gasteiger partial charge in [-0.15, -0.1) is 0 Å². The first-order valence-electron chi connectivity index (χ1n) is 8.15. The molecule has 0 saturated carbocycles. The van der Waals surface area contributed by atoms with Gasteiger partial charge >= 0.3 is 0 Å². The lowest BCUT2D eigenvalue weighted by Crippen LogP contribution is -2.50. The van der Waals surface area contributed by atoms with Crippen LogP contribution in [0.4, 0.5) is 0 Å². The third-order valence-corrected chi connectivity index (χ3v) is 4.83. The molecule has 1 N–H and O–H groups in total. The van der Waals surface area contributed by atoms with E-state index in [4.69, 9.17) is 4.98 Å². The highest BCUT2D eigenvalue weighted by Crippen LogP contribution is 2.21. The maximum Gasteiger partial charge on any atom is 0.137 e. The highest BCUT2D eigenvalue weighted by Gasteiger charge is 2.30. The van der Waals surface area contributed by atoms with Crippen molar-refractivity contribution in [2.75, 3.05) is 19.6 Å². The number of aromatic nitrogens is 2. The molecule has 114 valence electrons. The Bertz CT molecular complexity index is 552. The zero-order chi connectivity index (χ0) is 14.7. The normalized spacial score (nSPS) is 19.7. The molecule has 1 aliphatic rings. The van der Waals surface area contributed by atoms with Crippen molar-refractivity contribution in [3.8, 4) is 0 Å². The summed E-state index contributed by atoms with van der Waals surface area (Å²) in [5, 5.41) is 3.77. The van der Waals surface area contributed by atoms with Gasteiger partial charge in [0, 0.05) is 31.0 Å². The largest absolute Gasteiger partial charge is 0.310 e. The first-order chi connectivity index (χ1) is 10.2. The third kappa shape index (κ3) is 3.11. The minimum absolute atomic E-state index is 0.273. The minimum atomic E-state index is 0.273. The van der Waals surface area contributed by atoms with E-state index in [2.05, 4.69) is 46.9 Å². The molecule has 1 aliphatic heterocycles. The molecular weight excluding hydrogens is 260 g/mol. The van der Waals surface area contributed by atoms with Crippen LogP contribution in [-0.2, 0) is 6.54 Å². The lowest BCUT2D eigenvalue weighted by Gasteiger charge is -2.35. The molecule has 1 fully saturated rings. The number of fused-ring (bicyclic) bond motifs is 1. The van der Waals surface area contributed by atoms with Crippen LogP contribution < -0.4 is 5.32 Å². The smallest absolute Gasteiger partial charge is 0.137 e. The van der Waals surface area contributed by atoms with E-state index < -0.39 is 0 Å². The van der Waals surface area contributed by atoms with Crippen LogP contribution in [0.15, 0.2) is 30.6 Å². The number of nitrogens with zero attached hydrogens (tertiary/aromatic N) is 3. The minimum Gasteiger partial charge on any atom is -0.310 e. The van der Waals surface area contributed by atoms with Gasteiger partial charge in [-0.2, -0.15) is 0 Å². The lowest BCUT2D eigenvalue weighted by molar-refractivity contribution is 0.190. The summed E-state index contributed by atoms with van der Waals surface area (Å²) >= 11 is 0. The molecule has 0 aliphatic carbocycles. The summed E-state index contributed by atoms with van der Waals surface area (Å²) in [4.78, 5) is 7.30. The van der Waals surface area contributed by atoms with E-state index in [1.165, 1.54) is 25.0 Å². The Morgan fingerprint density at radius 3 is 2.90 bits per heavy atom. The Hall–Kier alpha value is -1.39.